The molecule has 0 aromatic heterocycles. The van der Waals surface area contributed by atoms with Crippen molar-refractivity contribution in [2.45, 2.75) is 12.8 Å². The highest BCUT2D eigenvalue weighted by Gasteiger charge is 2.24. The third kappa shape index (κ3) is 2.58. The molecule has 0 aliphatic carbocycles. The molecule has 1 aliphatic rings. The Morgan fingerprint density at radius 2 is 1.92 bits per heavy atom. The summed E-state index contributed by atoms with van der Waals surface area (Å²) >= 11 is 2.32. The van der Waals surface area contributed by atoms with Crippen molar-refractivity contribution in [3.8, 4) is 0 Å². The number of hydrogen-bond donors (Lipinski definition) is 0. The van der Waals surface area contributed by atoms with Gasteiger partial charge in [-0.2, -0.15) is 0 Å². The number of amides is 1. The normalized spacial score (nSPS) is 20.9. The van der Waals surface area contributed by atoms with Gasteiger partial charge in [0.1, 0.15) is 0 Å². The summed E-state index contributed by atoms with van der Waals surface area (Å²) in [6.07, 6.45) is 2.03. The van der Waals surface area contributed by atoms with Gasteiger partial charge in [-0.1, -0.05) is 0 Å². The molecule has 1 saturated heterocycles. The van der Waals surface area contributed by atoms with E-state index in [0.29, 0.717) is 5.91 Å². The van der Waals surface area contributed by atoms with Crippen LogP contribution in [-0.2, 0) is 4.79 Å². The number of carbonyl (C=O) groups is 1. The van der Waals surface area contributed by atoms with E-state index in [1.807, 2.05) is 14.1 Å². The molecule has 1 rings (SSSR count). The van der Waals surface area contributed by atoms with Crippen molar-refractivity contribution < 1.29 is 4.79 Å². The Bertz CT molecular complexity index is 164. The average Bonchev–Trinajstić information content (AvgIpc) is 2.04. The fraction of sp³-hybridized carbons (Fsp3) is 0.875. The zero-order chi connectivity index (χ0) is 9.14. The molecule has 0 saturated carbocycles. The summed E-state index contributed by atoms with van der Waals surface area (Å²) in [6.45, 7) is 2.09. The van der Waals surface area contributed by atoms with Crippen LogP contribution in [0.5, 0.6) is 0 Å². The van der Waals surface area contributed by atoms with E-state index in [9.17, 15) is 4.79 Å². The number of hydrogen-bond acceptors (Lipinski definition) is 2. The lowest BCUT2D eigenvalue weighted by molar-refractivity contribution is -0.134. The Kier molecular flexibility index (Phi) is 3.77. The summed E-state index contributed by atoms with van der Waals surface area (Å²) in [7, 11) is 3.66. The van der Waals surface area contributed by atoms with Gasteiger partial charge >= 0.3 is 0 Å². The monoisotopic (exact) mass is 282 g/mol. The molecular weight excluding hydrogens is 267 g/mol. The third-order valence-corrected chi connectivity index (χ3v) is 3.20. The van der Waals surface area contributed by atoms with Crippen LogP contribution in [0.2, 0.25) is 0 Å². The molecule has 0 aromatic carbocycles. The molecule has 1 heterocycles. The topological polar surface area (TPSA) is 23.6 Å². The molecule has 12 heavy (non-hydrogen) atoms. The van der Waals surface area contributed by atoms with Crippen LogP contribution in [0.3, 0.4) is 0 Å². The van der Waals surface area contributed by atoms with Crippen LogP contribution in [0, 0.1) is 5.92 Å². The van der Waals surface area contributed by atoms with Gasteiger partial charge in [0.05, 0.1) is 0 Å². The first kappa shape index (κ1) is 10.2. The smallest absolute Gasteiger partial charge is 0.225 e. The van der Waals surface area contributed by atoms with E-state index in [-0.39, 0.29) is 5.92 Å². The maximum atomic E-state index is 11.5. The van der Waals surface area contributed by atoms with Gasteiger partial charge in [-0.25, -0.2) is 3.11 Å². The summed E-state index contributed by atoms with van der Waals surface area (Å²) < 4.78 is 2.25. The first-order chi connectivity index (χ1) is 5.61. The second kappa shape index (κ2) is 4.41. The average molecular weight is 282 g/mol. The molecule has 0 bridgehead atoms. The van der Waals surface area contributed by atoms with E-state index >= 15 is 0 Å². The fourth-order valence-corrected chi connectivity index (χ4v) is 2.02. The van der Waals surface area contributed by atoms with Crippen molar-refractivity contribution in [1.82, 2.24) is 8.01 Å². The van der Waals surface area contributed by atoms with Crippen molar-refractivity contribution >= 4 is 28.8 Å². The van der Waals surface area contributed by atoms with E-state index < -0.39 is 0 Å². The van der Waals surface area contributed by atoms with Crippen molar-refractivity contribution in [3.63, 3.8) is 0 Å². The zero-order valence-electron chi connectivity index (χ0n) is 7.59. The molecular formula is C8H15IN2O. The Labute approximate surface area is 87.6 Å². The predicted molar refractivity (Wildman–Crippen MR) is 57.0 cm³/mol. The molecule has 0 spiro atoms. The highest BCUT2D eigenvalue weighted by Crippen LogP contribution is 2.20. The fourth-order valence-electron chi connectivity index (χ4n) is 1.46. The molecule has 1 aliphatic heterocycles. The minimum Gasteiger partial charge on any atom is -0.349 e. The zero-order valence-corrected chi connectivity index (χ0v) is 9.74. The van der Waals surface area contributed by atoms with Crippen LogP contribution in [-0.4, -0.2) is 41.1 Å². The van der Waals surface area contributed by atoms with Crippen molar-refractivity contribution in [2.24, 2.45) is 5.92 Å². The van der Waals surface area contributed by atoms with Gasteiger partial charge in [0, 0.05) is 56.0 Å². The summed E-state index contributed by atoms with van der Waals surface area (Å²) in [6, 6.07) is 0. The van der Waals surface area contributed by atoms with Gasteiger partial charge in [-0.15, -0.1) is 0 Å². The second-order valence-electron chi connectivity index (χ2n) is 3.42. The van der Waals surface area contributed by atoms with Crippen molar-refractivity contribution in [1.29, 1.82) is 0 Å². The van der Waals surface area contributed by atoms with Crippen molar-refractivity contribution in [2.75, 3.05) is 27.2 Å². The largest absolute Gasteiger partial charge is 0.349 e. The molecule has 1 amide bonds. The number of piperidine rings is 1. The van der Waals surface area contributed by atoms with Crippen LogP contribution in [0.4, 0.5) is 0 Å². The van der Waals surface area contributed by atoms with Crippen LogP contribution < -0.4 is 0 Å². The molecule has 0 N–H and O–H groups in total. The van der Waals surface area contributed by atoms with Crippen LogP contribution >= 0.6 is 22.9 Å². The van der Waals surface area contributed by atoms with E-state index in [0.717, 1.165) is 25.9 Å². The lowest BCUT2D eigenvalue weighted by Gasteiger charge is -2.28. The first-order valence-electron chi connectivity index (χ1n) is 4.23. The van der Waals surface area contributed by atoms with Crippen LogP contribution in [0.15, 0.2) is 0 Å². The van der Waals surface area contributed by atoms with E-state index in [1.165, 1.54) is 0 Å². The van der Waals surface area contributed by atoms with Gasteiger partial charge in [0.25, 0.3) is 0 Å². The molecule has 3 nitrogen and oxygen atoms in total. The quantitative estimate of drug-likeness (QED) is 0.532. The molecule has 0 radical (unpaired) electrons. The van der Waals surface area contributed by atoms with Gasteiger partial charge < -0.3 is 4.90 Å². The summed E-state index contributed by atoms with van der Waals surface area (Å²) in [5, 5.41) is 0. The first-order valence-corrected chi connectivity index (χ1v) is 5.19. The maximum absolute atomic E-state index is 11.5. The van der Waals surface area contributed by atoms with Gasteiger partial charge in [-0.05, 0) is 12.8 Å². The van der Waals surface area contributed by atoms with Crippen molar-refractivity contribution in [3.05, 3.63) is 0 Å². The number of halogens is 1. The maximum Gasteiger partial charge on any atom is 0.225 e. The van der Waals surface area contributed by atoms with Crippen LogP contribution in [0.1, 0.15) is 12.8 Å². The highest BCUT2D eigenvalue weighted by molar-refractivity contribution is 14.1. The molecule has 0 aromatic rings. The molecule has 0 unspecified atom stereocenters. The highest BCUT2D eigenvalue weighted by atomic mass is 127. The van der Waals surface area contributed by atoms with Gasteiger partial charge in [0.15, 0.2) is 0 Å². The summed E-state index contributed by atoms with van der Waals surface area (Å²) in [4.78, 5) is 13.2. The summed E-state index contributed by atoms with van der Waals surface area (Å²) in [5.41, 5.74) is 0. The number of carbonyl (C=O) groups excluding carboxylic acids is 1. The van der Waals surface area contributed by atoms with E-state index in [2.05, 4.69) is 26.0 Å². The minimum absolute atomic E-state index is 0.269. The van der Waals surface area contributed by atoms with Crippen LogP contribution in [0.25, 0.3) is 0 Å². The lowest BCUT2D eigenvalue weighted by atomic mass is 9.97. The van der Waals surface area contributed by atoms with E-state index in [1.54, 1.807) is 4.90 Å². The molecule has 0 atom stereocenters. The minimum atomic E-state index is 0.269. The van der Waals surface area contributed by atoms with Gasteiger partial charge in [-0.3, -0.25) is 4.79 Å². The molecule has 1 fully saturated rings. The Balaban J connectivity index is 2.39. The number of rotatable bonds is 1. The lowest BCUT2D eigenvalue weighted by Crippen LogP contribution is -2.36. The standard InChI is InChI=1S/C8H15IN2O/c1-10(2)8(12)7-3-5-11(9)6-4-7/h7H,3-6H2,1-2H3. The SMILES string of the molecule is CN(C)C(=O)C1CCN(I)CC1. The Morgan fingerprint density at radius 3 is 2.33 bits per heavy atom. The Morgan fingerprint density at radius 1 is 1.42 bits per heavy atom. The molecule has 70 valence electrons. The summed E-state index contributed by atoms with van der Waals surface area (Å²) in [5.74, 6) is 0.561. The Hall–Kier alpha value is 0.160. The van der Waals surface area contributed by atoms with E-state index in [4.69, 9.17) is 0 Å². The second-order valence-corrected chi connectivity index (χ2v) is 4.78. The predicted octanol–water partition coefficient (Wildman–Crippen LogP) is 1.14. The number of nitrogens with zero attached hydrogens (tertiary/aromatic N) is 2. The molecule has 4 heteroatoms. The van der Waals surface area contributed by atoms with Gasteiger partial charge in [0.2, 0.25) is 5.91 Å². The third-order valence-electron chi connectivity index (χ3n) is 2.23.